The van der Waals surface area contributed by atoms with E-state index >= 15 is 0 Å². The van der Waals surface area contributed by atoms with Gasteiger partial charge < -0.3 is 36.6 Å². The number of thiophene rings is 1. The predicted molar refractivity (Wildman–Crippen MR) is 107 cm³/mol. The Kier molecular flexibility index (Phi) is 6.28. The number of benzene rings is 2. The highest BCUT2D eigenvalue weighted by Crippen LogP contribution is 2.39. The molecule has 2 aromatic carbocycles. The molecular formula is C19H24N2O5S. The Labute approximate surface area is 160 Å². The number of nitrogen functional groups attached to an aromatic ring is 1. The summed E-state index contributed by atoms with van der Waals surface area (Å²) in [4.78, 5) is 0. The van der Waals surface area contributed by atoms with Gasteiger partial charge in [0, 0.05) is 34.2 Å². The summed E-state index contributed by atoms with van der Waals surface area (Å²) in [7, 11) is 0. The molecule has 0 spiro atoms. The quantitative estimate of drug-likeness (QED) is 0.271. The second kappa shape index (κ2) is 8.49. The van der Waals surface area contributed by atoms with Crippen LogP contribution < -0.4 is 11.1 Å². The van der Waals surface area contributed by atoms with E-state index in [0.29, 0.717) is 12.2 Å². The molecule has 4 atom stereocenters. The Morgan fingerprint density at radius 1 is 0.963 bits per heavy atom. The van der Waals surface area contributed by atoms with Crippen molar-refractivity contribution in [3.63, 3.8) is 0 Å². The van der Waals surface area contributed by atoms with Crippen LogP contribution in [0.1, 0.15) is 5.56 Å². The molecule has 0 aliphatic rings. The molecule has 0 amide bonds. The van der Waals surface area contributed by atoms with Gasteiger partial charge >= 0.3 is 0 Å². The number of aliphatic hydroxyl groups excluding tert-OH is 5. The summed E-state index contributed by atoms with van der Waals surface area (Å²) in [6, 6.07) is 11.8. The molecule has 8 N–H and O–H groups in total. The van der Waals surface area contributed by atoms with Crippen LogP contribution in [0.15, 0.2) is 36.4 Å². The maximum absolute atomic E-state index is 10.0. The van der Waals surface area contributed by atoms with E-state index < -0.39 is 31.0 Å². The fourth-order valence-corrected chi connectivity index (χ4v) is 4.28. The summed E-state index contributed by atoms with van der Waals surface area (Å²) < 4.78 is 2.15. The molecule has 7 nitrogen and oxygen atoms in total. The average molecular weight is 392 g/mol. The van der Waals surface area contributed by atoms with Crippen molar-refractivity contribution in [3.05, 3.63) is 42.0 Å². The van der Waals surface area contributed by atoms with E-state index in [0.717, 1.165) is 25.7 Å². The number of nitrogens with two attached hydrogens (primary N) is 1. The van der Waals surface area contributed by atoms with Crippen LogP contribution in [0.2, 0.25) is 0 Å². The van der Waals surface area contributed by atoms with E-state index in [-0.39, 0.29) is 6.54 Å². The van der Waals surface area contributed by atoms with Crippen molar-refractivity contribution in [2.75, 3.05) is 18.9 Å². The molecule has 8 heteroatoms. The zero-order valence-corrected chi connectivity index (χ0v) is 15.4. The Bertz CT molecular complexity index is 916. The van der Waals surface area contributed by atoms with Crippen molar-refractivity contribution in [1.82, 2.24) is 5.32 Å². The maximum atomic E-state index is 10.0. The van der Waals surface area contributed by atoms with Gasteiger partial charge in [-0.3, -0.25) is 0 Å². The number of aliphatic hydroxyl groups is 5. The molecule has 3 rings (SSSR count). The van der Waals surface area contributed by atoms with Crippen LogP contribution in [0, 0.1) is 0 Å². The van der Waals surface area contributed by atoms with Gasteiger partial charge in [0.05, 0.1) is 17.4 Å². The summed E-state index contributed by atoms with van der Waals surface area (Å²) >= 11 is 1.63. The molecule has 4 unspecified atom stereocenters. The Morgan fingerprint density at radius 3 is 2.41 bits per heavy atom. The van der Waals surface area contributed by atoms with Crippen LogP contribution >= 0.6 is 11.3 Å². The molecule has 0 saturated carbocycles. The summed E-state index contributed by atoms with van der Waals surface area (Å²) in [6.07, 6.45) is -6.02. The van der Waals surface area contributed by atoms with Gasteiger partial charge in [-0.15, -0.1) is 11.3 Å². The largest absolute Gasteiger partial charge is 0.398 e. The van der Waals surface area contributed by atoms with Gasteiger partial charge in [0.2, 0.25) is 0 Å². The maximum Gasteiger partial charge on any atom is 0.111 e. The molecule has 3 aromatic rings. The normalized spacial score (nSPS) is 16.5. The van der Waals surface area contributed by atoms with E-state index in [1.807, 2.05) is 36.4 Å². The smallest absolute Gasteiger partial charge is 0.111 e. The molecule has 0 saturated heterocycles. The first kappa shape index (κ1) is 20.0. The first-order valence-corrected chi connectivity index (χ1v) is 9.48. The van der Waals surface area contributed by atoms with Gasteiger partial charge in [0.15, 0.2) is 0 Å². The van der Waals surface area contributed by atoms with Gasteiger partial charge in [-0.25, -0.2) is 0 Å². The fourth-order valence-electron chi connectivity index (χ4n) is 3.10. The standard InChI is InChI=1S/C19H24N2O5S/c20-12-6-5-10(16-11-3-1-2-4-15(11)27-19(12)16)7-21-8-13(23)17(25)18(26)14(24)9-22/h1-6,13-14,17-18,21-26H,7-9,20H2. The lowest BCUT2D eigenvalue weighted by molar-refractivity contribution is -0.114. The highest BCUT2D eigenvalue weighted by atomic mass is 32.1. The molecule has 27 heavy (non-hydrogen) atoms. The second-order valence-electron chi connectivity index (χ2n) is 6.55. The van der Waals surface area contributed by atoms with Crippen LogP contribution in [-0.2, 0) is 6.54 Å². The van der Waals surface area contributed by atoms with Gasteiger partial charge in [-0.05, 0) is 17.7 Å². The third kappa shape index (κ3) is 4.07. The van der Waals surface area contributed by atoms with Gasteiger partial charge in [-0.1, -0.05) is 24.3 Å². The number of hydrogen-bond donors (Lipinski definition) is 7. The van der Waals surface area contributed by atoms with Crippen molar-refractivity contribution < 1.29 is 25.5 Å². The van der Waals surface area contributed by atoms with Gasteiger partial charge in [0.25, 0.3) is 0 Å². The first-order chi connectivity index (χ1) is 12.9. The van der Waals surface area contributed by atoms with E-state index in [1.54, 1.807) is 11.3 Å². The third-order valence-corrected chi connectivity index (χ3v) is 5.86. The van der Waals surface area contributed by atoms with E-state index in [9.17, 15) is 20.4 Å². The van der Waals surface area contributed by atoms with E-state index in [2.05, 4.69) is 5.32 Å². The topological polar surface area (TPSA) is 139 Å². The molecule has 146 valence electrons. The minimum absolute atomic E-state index is 0.00428. The number of fused-ring (bicyclic) bond motifs is 3. The summed E-state index contributed by atoms with van der Waals surface area (Å²) in [5.41, 5.74) is 7.85. The molecule has 0 aliphatic heterocycles. The molecule has 0 aliphatic carbocycles. The fraction of sp³-hybridized carbons (Fsp3) is 0.368. The summed E-state index contributed by atoms with van der Waals surface area (Å²) in [5, 5.41) is 53.0. The molecule has 0 fully saturated rings. The van der Waals surface area contributed by atoms with E-state index in [1.165, 1.54) is 0 Å². The van der Waals surface area contributed by atoms with Crippen molar-refractivity contribution in [1.29, 1.82) is 0 Å². The minimum Gasteiger partial charge on any atom is -0.398 e. The van der Waals surface area contributed by atoms with Crippen LogP contribution in [0.5, 0.6) is 0 Å². The monoisotopic (exact) mass is 392 g/mol. The van der Waals surface area contributed by atoms with Crippen LogP contribution in [0.3, 0.4) is 0 Å². The third-order valence-electron chi connectivity index (χ3n) is 4.64. The van der Waals surface area contributed by atoms with Crippen molar-refractivity contribution in [2.45, 2.75) is 31.0 Å². The molecule has 1 aromatic heterocycles. The number of hydrogen-bond acceptors (Lipinski definition) is 8. The zero-order valence-electron chi connectivity index (χ0n) is 14.6. The number of nitrogens with one attached hydrogen (secondary N) is 1. The van der Waals surface area contributed by atoms with Gasteiger partial charge in [0.1, 0.15) is 18.3 Å². The lowest BCUT2D eigenvalue weighted by Crippen LogP contribution is -2.48. The zero-order chi connectivity index (χ0) is 19.6. The molecular weight excluding hydrogens is 368 g/mol. The first-order valence-electron chi connectivity index (χ1n) is 8.66. The van der Waals surface area contributed by atoms with Gasteiger partial charge in [-0.2, -0.15) is 0 Å². The average Bonchev–Trinajstić information content (AvgIpc) is 3.08. The highest BCUT2D eigenvalue weighted by molar-refractivity contribution is 7.26. The Morgan fingerprint density at radius 2 is 1.67 bits per heavy atom. The Balaban J connectivity index is 1.73. The molecule has 0 radical (unpaired) electrons. The Hall–Kier alpha value is -1.78. The lowest BCUT2D eigenvalue weighted by atomic mass is 10.0. The molecule has 1 heterocycles. The van der Waals surface area contributed by atoms with Crippen LogP contribution in [-0.4, -0.2) is 63.1 Å². The van der Waals surface area contributed by atoms with Crippen LogP contribution in [0.4, 0.5) is 5.69 Å². The highest BCUT2D eigenvalue weighted by Gasteiger charge is 2.29. The predicted octanol–water partition coefficient (Wildman–Crippen LogP) is 0.162. The number of rotatable bonds is 8. The number of anilines is 1. The summed E-state index contributed by atoms with van der Waals surface area (Å²) in [6.45, 7) is -0.267. The minimum atomic E-state index is -1.63. The van der Waals surface area contributed by atoms with Crippen molar-refractivity contribution >= 4 is 37.2 Å². The summed E-state index contributed by atoms with van der Waals surface area (Å²) in [5.74, 6) is 0. The van der Waals surface area contributed by atoms with Crippen molar-refractivity contribution in [2.24, 2.45) is 0 Å². The SMILES string of the molecule is Nc1ccc(CNCC(O)C(O)C(O)C(O)CO)c2c1sc1ccccc12. The van der Waals surface area contributed by atoms with Crippen LogP contribution in [0.25, 0.3) is 20.2 Å². The molecule has 0 bridgehead atoms. The van der Waals surface area contributed by atoms with Crippen molar-refractivity contribution in [3.8, 4) is 0 Å². The second-order valence-corrected chi connectivity index (χ2v) is 7.60. The van der Waals surface area contributed by atoms with E-state index in [4.69, 9.17) is 10.8 Å². The lowest BCUT2D eigenvalue weighted by Gasteiger charge is -2.25.